The summed E-state index contributed by atoms with van der Waals surface area (Å²) in [5, 5.41) is 0.388. The molecule has 1 amide bonds. The first kappa shape index (κ1) is 38.6. The van der Waals surface area contributed by atoms with E-state index in [1.807, 2.05) is 18.2 Å². The molecule has 0 aromatic heterocycles. The molecule has 0 saturated heterocycles. The van der Waals surface area contributed by atoms with Gasteiger partial charge in [-0.3, -0.25) is 9.59 Å². The number of ether oxygens (including phenoxy) is 3. The fraction of sp³-hybridized carbons (Fsp3) is 0.432. The smallest absolute Gasteiger partial charge is 0.328 e. The normalized spacial score (nSPS) is 12.3. The Morgan fingerprint density at radius 3 is 2.25 bits per heavy atom. The molecular weight excluding hydrogens is 648 g/mol. The molecule has 0 radical (unpaired) electrons. The molecular formula is C37H49ClN2O7Si. The zero-order valence-corrected chi connectivity index (χ0v) is 31.4. The number of benzene rings is 3. The van der Waals surface area contributed by atoms with Gasteiger partial charge in [0.05, 0.1) is 25.3 Å². The van der Waals surface area contributed by atoms with Crippen LogP contribution in [-0.4, -0.2) is 39.1 Å². The van der Waals surface area contributed by atoms with Gasteiger partial charge >= 0.3 is 11.9 Å². The third-order valence-corrected chi connectivity index (χ3v) is 8.05. The largest absolute Gasteiger partial charge is 0.547 e. The standard InChI is InChI=1S/C37H49ClN2O7Si/c1-10-44-33(42)19-18-32(41)40(23-25-14-15-26(36(2,3)4)21-30(25)47-48(8)9)29-17-16-27(38)22-31(29)45-28-13-11-12-24(20-28)34(39)35(43)46-37(5,6)7/h11-17,20-22,34,48H,10,18-19,23,39H2,1-9H3. The Kier molecular flexibility index (Phi) is 13.3. The number of anilines is 1. The SMILES string of the molecule is CCOC(=O)CCC(=O)N(Cc1ccc(C(C)(C)C)cc1O[SiH](C)C)c1ccc(Cl)cc1Oc1cccc(C(N)C(=O)OC(C)(C)C)c1. The number of carbonyl (C=O) groups is 3. The third-order valence-electron chi connectivity index (χ3n) is 7.09. The lowest BCUT2D eigenvalue weighted by atomic mass is 9.86. The van der Waals surface area contributed by atoms with Crippen molar-refractivity contribution in [1.29, 1.82) is 0 Å². The summed E-state index contributed by atoms with van der Waals surface area (Å²) in [4.78, 5) is 40.5. The highest BCUT2D eigenvalue weighted by molar-refractivity contribution is 6.49. The van der Waals surface area contributed by atoms with Crippen LogP contribution in [-0.2, 0) is 35.8 Å². The first-order chi connectivity index (χ1) is 22.4. The second-order valence-electron chi connectivity index (χ2n) is 13.8. The molecule has 0 aliphatic rings. The molecule has 3 aromatic rings. The number of amides is 1. The molecule has 0 aliphatic heterocycles. The monoisotopic (exact) mass is 696 g/mol. The summed E-state index contributed by atoms with van der Waals surface area (Å²) in [6, 6.07) is 16.8. The van der Waals surface area contributed by atoms with Gasteiger partial charge in [-0.1, -0.05) is 56.6 Å². The maximum absolute atomic E-state index is 14.0. The number of hydrogen-bond acceptors (Lipinski definition) is 8. The van der Waals surface area contributed by atoms with E-state index in [0.717, 1.165) is 11.1 Å². The van der Waals surface area contributed by atoms with Gasteiger partial charge in [-0.25, -0.2) is 4.79 Å². The van der Waals surface area contributed by atoms with Crippen LogP contribution in [0, 0.1) is 0 Å². The molecule has 0 heterocycles. The highest BCUT2D eigenvalue weighted by Gasteiger charge is 2.26. The van der Waals surface area contributed by atoms with Crippen molar-refractivity contribution < 1.29 is 33.0 Å². The molecule has 3 rings (SSSR count). The van der Waals surface area contributed by atoms with Crippen molar-refractivity contribution in [2.24, 2.45) is 5.73 Å². The van der Waals surface area contributed by atoms with E-state index in [0.29, 0.717) is 33.5 Å². The second kappa shape index (κ2) is 16.5. The van der Waals surface area contributed by atoms with E-state index in [1.54, 1.807) is 75.1 Å². The van der Waals surface area contributed by atoms with Crippen LogP contribution in [0.4, 0.5) is 5.69 Å². The van der Waals surface area contributed by atoms with Crippen molar-refractivity contribution in [3.63, 3.8) is 0 Å². The highest BCUT2D eigenvalue weighted by atomic mass is 35.5. The van der Waals surface area contributed by atoms with Gasteiger partial charge in [-0.2, -0.15) is 0 Å². The van der Waals surface area contributed by atoms with E-state index in [-0.39, 0.29) is 37.3 Å². The molecule has 1 unspecified atom stereocenters. The fourth-order valence-electron chi connectivity index (χ4n) is 4.76. The molecule has 0 saturated carbocycles. The Bertz CT molecular complexity index is 1600. The Balaban J connectivity index is 2.07. The fourth-order valence-corrected chi connectivity index (χ4v) is 5.65. The van der Waals surface area contributed by atoms with Crippen LogP contribution in [0.5, 0.6) is 17.2 Å². The molecule has 260 valence electrons. The third kappa shape index (κ3) is 11.4. The lowest BCUT2D eigenvalue weighted by Gasteiger charge is -2.28. The summed E-state index contributed by atoms with van der Waals surface area (Å²) >= 11 is 6.45. The lowest BCUT2D eigenvalue weighted by Crippen LogP contribution is -2.32. The summed E-state index contributed by atoms with van der Waals surface area (Å²) in [5.74, 6) is 0.0405. The van der Waals surface area contributed by atoms with Crippen molar-refractivity contribution in [1.82, 2.24) is 0 Å². The molecule has 0 fully saturated rings. The van der Waals surface area contributed by atoms with Crippen LogP contribution >= 0.6 is 11.6 Å². The Labute approximate surface area is 291 Å². The van der Waals surface area contributed by atoms with Gasteiger partial charge in [0.1, 0.15) is 23.1 Å². The van der Waals surface area contributed by atoms with Gasteiger partial charge in [-0.15, -0.1) is 0 Å². The number of halogens is 1. The van der Waals surface area contributed by atoms with Gasteiger partial charge in [0.2, 0.25) is 14.9 Å². The average molecular weight is 697 g/mol. The molecule has 11 heteroatoms. The first-order valence-electron chi connectivity index (χ1n) is 16.2. The van der Waals surface area contributed by atoms with E-state index in [4.69, 9.17) is 36.0 Å². The van der Waals surface area contributed by atoms with E-state index in [2.05, 4.69) is 33.9 Å². The highest BCUT2D eigenvalue weighted by Crippen LogP contribution is 2.38. The minimum Gasteiger partial charge on any atom is -0.547 e. The van der Waals surface area contributed by atoms with Crippen molar-refractivity contribution in [3.05, 3.63) is 82.4 Å². The minimum absolute atomic E-state index is 0.0806. The number of nitrogens with zero attached hydrogens (tertiary/aromatic N) is 1. The number of nitrogens with two attached hydrogens (primary N) is 1. The van der Waals surface area contributed by atoms with Gasteiger partial charge < -0.3 is 29.3 Å². The van der Waals surface area contributed by atoms with Crippen molar-refractivity contribution >= 4 is 44.2 Å². The van der Waals surface area contributed by atoms with Crippen LogP contribution in [0.1, 0.15) is 84.0 Å². The number of rotatable bonds is 13. The van der Waals surface area contributed by atoms with Gasteiger partial charge in [-0.05, 0) is 87.7 Å². The molecule has 0 spiro atoms. The van der Waals surface area contributed by atoms with Gasteiger partial charge in [0.15, 0.2) is 5.75 Å². The summed E-state index contributed by atoms with van der Waals surface area (Å²) in [6.07, 6.45) is -0.168. The zero-order valence-electron chi connectivity index (χ0n) is 29.5. The lowest BCUT2D eigenvalue weighted by molar-refractivity contribution is -0.156. The summed E-state index contributed by atoms with van der Waals surface area (Å²) in [5.41, 5.74) is 8.28. The summed E-state index contributed by atoms with van der Waals surface area (Å²) in [6.45, 7) is 18.0. The van der Waals surface area contributed by atoms with Gasteiger partial charge in [0, 0.05) is 23.1 Å². The van der Waals surface area contributed by atoms with Gasteiger partial charge in [0.25, 0.3) is 0 Å². The van der Waals surface area contributed by atoms with Crippen LogP contribution in [0.25, 0.3) is 0 Å². The van der Waals surface area contributed by atoms with E-state index >= 15 is 0 Å². The molecule has 1 atom stereocenters. The van der Waals surface area contributed by atoms with Crippen LogP contribution in [0.15, 0.2) is 60.7 Å². The van der Waals surface area contributed by atoms with E-state index in [9.17, 15) is 14.4 Å². The average Bonchev–Trinajstić information content (AvgIpc) is 2.98. The first-order valence-corrected chi connectivity index (χ1v) is 19.4. The van der Waals surface area contributed by atoms with Crippen molar-refractivity contribution in [2.45, 2.75) is 98.0 Å². The maximum Gasteiger partial charge on any atom is 0.328 e. The Morgan fingerprint density at radius 2 is 1.62 bits per heavy atom. The molecule has 2 N–H and O–H groups in total. The molecule has 3 aromatic carbocycles. The Morgan fingerprint density at radius 1 is 0.917 bits per heavy atom. The molecule has 0 aliphatic carbocycles. The van der Waals surface area contributed by atoms with Crippen molar-refractivity contribution in [3.8, 4) is 17.2 Å². The van der Waals surface area contributed by atoms with Crippen LogP contribution < -0.4 is 19.8 Å². The maximum atomic E-state index is 14.0. The molecule has 48 heavy (non-hydrogen) atoms. The minimum atomic E-state index is -1.53. The zero-order chi connectivity index (χ0) is 35.8. The quantitative estimate of drug-likeness (QED) is 0.141. The second-order valence-corrected chi connectivity index (χ2v) is 16.6. The summed E-state index contributed by atoms with van der Waals surface area (Å²) in [7, 11) is -1.53. The predicted molar refractivity (Wildman–Crippen MR) is 192 cm³/mol. The van der Waals surface area contributed by atoms with Crippen LogP contribution in [0.2, 0.25) is 18.1 Å². The number of esters is 2. The van der Waals surface area contributed by atoms with E-state index in [1.165, 1.54) is 0 Å². The van der Waals surface area contributed by atoms with E-state index < -0.39 is 32.6 Å². The predicted octanol–water partition coefficient (Wildman–Crippen LogP) is 8.01. The number of hydrogen-bond donors (Lipinski definition) is 1. The Hall–Kier alpha value is -3.86. The summed E-state index contributed by atoms with van der Waals surface area (Å²) < 4.78 is 23.3. The number of carbonyl (C=O) groups excluding carboxylic acids is 3. The molecule has 0 bridgehead atoms. The molecule has 9 nitrogen and oxygen atoms in total. The topological polar surface area (TPSA) is 117 Å². The van der Waals surface area contributed by atoms with Crippen molar-refractivity contribution in [2.75, 3.05) is 11.5 Å². The van der Waals surface area contributed by atoms with Crippen LogP contribution in [0.3, 0.4) is 0 Å².